The van der Waals surface area contributed by atoms with E-state index in [-0.39, 0.29) is 7.43 Å². The van der Waals surface area contributed by atoms with Gasteiger partial charge in [0.1, 0.15) is 0 Å². The Balaban J connectivity index is 0.000000168. The number of nitrogens with one attached hydrogen (secondary N) is 1. The fourth-order valence-electron chi connectivity index (χ4n) is 11.5. The highest BCUT2D eigenvalue weighted by Crippen LogP contribution is 2.49. The number of halogens is 3. The molecule has 484 valence electrons. The maximum Gasteiger partial charge on any atom is 0.0887 e. The lowest BCUT2D eigenvalue weighted by molar-refractivity contribution is 1.23. The van der Waals surface area contributed by atoms with Crippen LogP contribution in [-0.4, -0.2) is 0 Å². The fourth-order valence-corrected chi connectivity index (χ4v) is 12.2. The first-order valence-corrected chi connectivity index (χ1v) is 33.4. The molecule has 14 aromatic rings. The second-order valence-electron chi connectivity index (χ2n) is 23.4. The summed E-state index contributed by atoms with van der Waals surface area (Å²) < 4.78 is 0. The first-order valence-electron chi connectivity index (χ1n) is 32.3. The Morgan fingerprint density at radius 1 is 0.204 bits per heavy atom. The van der Waals surface area contributed by atoms with Gasteiger partial charge >= 0.3 is 0 Å². The third-order valence-electron chi connectivity index (χ3n) is 16.4. The zero-order valence-corrected chi connectivity index (χ0v) is 56.8. The molecule has 0 saturated carbocycles. The molecule has 9 heteroatoms. The van der Waals surface area contributed by atoms with Crippen LogP contribution in [0.1, 0.15) is 29.7 Å². The number of para-hydroxylation sites is 6. The lowest BCUT2D eigenvalue weighted by Gasteiger charge is -2.32. The average molecular weight is 1340 g/mol. The Hall–Kier alpha value is -11.3. The van der Waals surface area contributed by atoms with Crippen molar-refractivity contribution >= 4 is 131 Å². The number of hydrogen-bond donors (Lipinski definition) is 1. The molecule has 0 heterocycles. The van der Waals surface area contributed by atoms with Gasteiger partial charge in [0.2, 0.25) is 0 Å². The molecule has 14 rings (SSSR count). The van der Waals surface area contributed by atoms with E-state index in [9.17, 15) is 0 Å². The third kappa shape index (κ3) is 16.7. The second kappa shape index (κ2) is 32.9. The smallest absolute Gasteiger partial charge is 0.0887 e. The van der Waals surface area contributed by atoms with Gasteiger partial charge < -0.3 is 29.8 Å². The molecule has 0 amide bonds. The first-order chi connectivity index (χ1) is 47.5. The molecule has 6 nitrogen and oxygen atoms in total. The lowest BCUT2D eigenvalue weighted by Crippen LogP contribution is -2.15. The molecule has 0 aliphatic rings. The normalized spacial score (nSPS) is 10.5. The van der Waals surface area contributed by atoms with Crippen LogP contribution in [-0.2, 0) is 0 Å². The van der Waals surface area contributed by atoms with Crippen LogP contribution >= 0.6 is 34.8 Å². The van der Waals surface area contributed by atoms with Crippen molar-refractivity contribution in [2.45, 2.75) is 35.1 Å². The average Bonchev–Trinajstić information content (AvgIpc) is 0.777. The van der Waals surface area contributed by atoms with Gasteiger partial charge in [-0.3, -0.25) is 0 Å². The van der Waals surface area contributed by atoms with Gasteiger partial charge in [0.05, 0.1) is 32.1 Å². The van der Waals surface area contributed by atoms with Crippen LogP contribution in [0, 0.1) is 27.7 Å². The molecule has 0 radical (unpaired) electrons. The summed E-state index contributed by atoms with van der Waals surface area (Å²) in [6.07, 6.45) is 0. The number of nitrogens with zero attached hydrogens (tertiary/aromatic N) is 5. The molecule has 0 unspecified atom stereocenters. The monoisotopic (exact) mass is 1330 g/mol. The zero-order chi connectivity index (χ0) is 66.9. The summed E-state index contributed by atoms with van der Waals surface area (Å²) in [5.41, 5.74) is 22.3. The quantitative estimate of drug-likeness (QED) is 0.0977. The van der Waals surface area contributed by atoms with E-state index in [1.54, 1.807) is 6.07 Å². The van der Waals surface area contributed by atoms with Crippen LogP contribution in [0.5, 0.6) is 0 Å². The largest absolute Gasteiger partial charge is 0.356 e. The Morgan fingerprint density at radius 2 is 0.418 bits per heavy atom. The molecule has 0 aliphatic carbocycles. The van der Waals surface area contributed by atoms with E-state index in [0.717, 1.165) is 96.7 Å². The maximum absolute atomic E-state index is 7.56. The van der Waals surface area contributed by atoms with E-state index >= 15 is 0 Å². The summed E-state index contributed by atoms with van der Waals surface area (Å²) in [4.78, 5) is 11.1. The summed E-state index contributed by atoms with van der Waals surface area (Å²) in [5, 5.41) is 5.04. The number of rotatable bonds is 17. The molecule has 0 fully saturated rings. The molecule has 0 aromatic heterocycles. The maximum atomic E-state index is 7.56. The molecule has 0 bridgehead atoms. The van der Waals surface area contributed by atoms with Crippen LogP contribution in [0.15, 0.2) is 364 Å². The van der Waals surface area contributed by atoms with Gasteiger partial charge in [-0.15, -0.1) is 0 Å². The van der Waals surface area contributed by atoms with E-state index in [0.29, 0.717) is 15.1 Å². The van der Waals surface area contributed by atoms with E-state index in [1.807, 2.05) is 60.7 Å². The van der Waals surface area contributed by atoms with Crippen molar-refractivity contribution in [1.82, 2.24) is 0 Å². The minimum absolute atomic E-state index is 0. The van der Waals surface area contributed by atoms with Gasteiger partial charge in [0.15, 0.2) is 0 Å². The summed E-state index contributed by atoms with van der Waals surface area (Å²) in [6.45, 7) is 8.40. The number of anilines is 17. The van der Waals surface area contributed by atoms with Gasteiger partial charge in [-0.2, -0.15) is 0 Å². The van der Waals surface area contributed by atoms with Crippen molar-refractivity contribution in [3.8, 4) is 0 Å². The topological polar surface area (TPSA) is 28.2 Å². The van der Waals surface area contributed by atoms with Crippen LogP contribution in [0.3, 0.4) is 0 Å². The van der Waals surface area contributed by atoms with Crippen molar-refractivity contribution in [3.63, 3.8) is 0 Å². The van der Waals surface area contributed by atoms with Crippen LogP contribution in [0.25, 0.3) is 0 Å². The SMILES string of the molecule is C.Cc1ccc(N(c2ccc(C)cc2)c2cccc(N(c3ccccc3)c3cccc(N(c4ccccc4)c4ccccc4)c3)c2Cl)cc1.Cc1ccc(Nc2ccc(C)cc2)cc1.Clc1cccc(N(c2ccccc2)c2cccc(N(c3ccccc3)c3ccccc3)c2)c1Cl. The van der Waals surface area contributed by atoms with Crippen LogP contribution in [0.2, 0.25) is 15.1 Å². The molecule has 1 N–H and O–H groups in total. The summed E-state index contributed by atoms with van der Waals surface area (Å²) in [7, 11) is 0. The van der Waals surface area contributed by atoms with Crippen molar-refractivity contribution in [1.29, 1.82) is 0 Å². The van der Waals surface area contributed by atoms with Gasteiger partial charge in [-0.25, -0.2) is 0 Å². The summed E-state index contributed by atoms with van der Waals surface area (Å²) >= 11 is 20.7. The molecule has 98 heavy (non-hydrogen) atoms. The van der Waals surface area contributed by atoms with E-state index in [4.69, 9.17) is 34.8 Å². The first kappa shape index (κ1) is 68.1. The minimum atomic E-state index is 0. The third-order valence-corrected chi connectivity index (χ3v) is 17.6. The van der Waals surface area contributed by atoms with Crippen LogP contribution in [0.4, 0.5) is 96.7 Å². The molecule has 0 atom stereocenters. The summed E-state index contributed by atoms with van der Waals surface area (Å²) in [6, 6.07) is 125. The van der Waals surface area contributed by atoms with E-state index in [1.165, 1.54) is 22.3 Å². The Labute approximate surface area is 593 Å². The molecule has 14 aromatic carbocycles. The van der Waals surface area contributed by atoms with Crippen LogP contribution < -0.4 is 29.8 Å². The van der Waals surface area contributed by atoms with E-state index in [2.05, 4.69) is 355 Å². The standard InChI is InChI=1S/C44H36ClN3.C30H22Cl2N2.C14H15N.CH4/c1-33-24-28-38(29-25-33)47(39-30-26-34(2)27-31-39)42-22-13-23-43(44(42)45)48(37-18-10-5-11-19-37)41-21-12-20-40(32-41)46(35-14-6-3-7-15-35)36-16-8-4-9-17-36;31-28-20-11-21-29(30(28)32)34(25-16-8-3-9-17-25)27-19-10-18-26(22-27)33(23-12-4-1-5-13-23)24-14-6-2-7-15-24;1-11-3-7-13(8-4-11)15-14-9-5-12(2)6-10-14;/h3-32H,1-2H3;1-22H;3-10,15H,1-2H3;1H4. The Morgan fingerprint density at radius 3 is 0.724 bits per heavy atom. The van der Waals surface area contributed by atoms with Gasteiger partial charge in [0, 0.05) is 79.6 Å². The van der Waals surface area contributed by atoms with Crippen molar-refractivity contribution in [3.05, 3.63) is 401 Å². The fraction of sp³-hybridized carbons (Fsp3) is 0.0562. The molecule has 0 spiro atoms. The highest BCUT2D eigenvalue weighted by atomic mass is 35.5. The lowest BCUT2D eigenvalue weighted by atomic mass is 10.1. The zero-order valence-electron chi connectivity index (χ0n) is 54.5. The Kier molecular flexibility index (Phi) is 22.9. The van der Waals surface area contributed by atoms with Crippen molar-refractivity contribution in [2.24, 2.45) is 0 Å². The van der Waals surface area contributed by atoms with Crippen molar-refractivity contribution in [2.75, 3.05) is 29.8 Å². The molecule has 0 aliphatic heterocycles. The number of benzene rings is 14. The molecular weight excluding hydrogens is 1260 g/mol. The van der Waals surface area contributed by atoms with Crippen molar-refractivity contribution < 1.29 is 0 Å². The minimum Gasteiger partial charge on any atom is -0.356 e. The second-order valence-corrected chi connectivity index (χ2v) is 24.6. The highest BCUT2D eigenvalue weighted by Gasteiger charge is 2.24. The predicted octanol–water partition coefficient (Wildman–Crippen LogP) is 28.0. The van der Waals surface area contributed by atoms with Gasteiger partial charge in [-0.05, 0) is 210 Å². The van der Waals surface area contributed by atoms with Gasteiger partial charge in [0.25, 0.3) is 0 Å². The molecular formula is C89H77Cl3N6. The molecule has 0 saturated heterocycles. The number of aryl methyl sites for hydroxylation is 4. The highest BCUT2D eigenvalue weighted by molar-refractivity contribution is 6.44. The number of hydrogen-bond acceptors (Lipinski definition) is 6. The predicted molar refractivity (Wildman–Crippen MR) is 423 cm³/mol. The Bertz CT molecular complexity index is 4610. The van der Waals surface area contributed by atoms with Gasteiger partial charge in [-0.1, -0.05) is 246 Å². The summed E-state index contributed by atoms with van der Waals surface area (Å²) in [5.74, 6) is 0. The van der Waals surface area contributed by atoms with E-state index < -0.39 is 0 Å².